The minimum Gasteiger partial charge on any atom is -0.480 e. The Hall–Kier alpha value is -6.84. The van der Waals surface area contributed by atoms with Crippen LogP contribution in [0.5, 0.6) is 0 Å². The summed E-state index contributed by atoms with van der Waals surface area (Å²) in [5.41, 5.74) is 10.3. The number of imidazole rings is 1. The minimum absolute atomic E-state index is 0.0178. The molecule has 0 spiro atoms. The zero-order chi connectivity index (χ0) is 45.9. The number of H-pyrrole nitrogens is 1. The van der Waals surface area contributed by atoms with Gasteiger partial charge in [-0.2, -0.15) is 0 Å². The predicted molar refractivity (Wildman–Crippen MR) is 240 cm³/mol. The van der Waals surface area contributed by atoms with Crippen LogP contribution in [-0.2, 0) is 43.2 Å². The molecule has 0 saturated heterocycles. The summed E-state index contributed by atoms with van der Waals surface area (Å²) in [5.74, 6) is -5.11. The van der Waals surface area contributed by atoms with E-state index in [1.165, 1.54) is 12.5 Å². The number of aromatic nitrogens is 2. The summed E-state index contributed by atoms with van der Waals surface area (Å²) in [5, 5.41) is 23.6. The summed E-state index contributed by atoms with van der Waals surface area (Å²) < 4.78 is 0. The van der Waals surface area contributed by atoms with Gasteiger partial charge in [0.2, 0.25) is 11.8 Å². The normalized spacial score (nSPS) is 13.3. The molecule has 3 aromatic carbocycles. The highest BCUT2D eigenvalue weighted by Crippen LogP contribution is 2.22. The fourth-order valence-electron chi connectivity index (χ4n) is 7.12. The maximum absolute atomic E-state index is 14.3. The second-order valence-corrected chi connectivity index (χ2v) is 16.1. The summed E-state index contributed by atoms with van der Waals surface area (Å²) in [7, 11) is 0. The van der Waals surface area contributed by atoms with Crippen molar-refractivity contribution in [1.82, 2.24) is 25.9 Å². The van der Waals surface area contributed by atoms with Gasteiger partial charge in [0, 0.05) is 67.3 Å². The molecule has 0 fully saturated rings. The zero-order valence-electron chi connectivity index (χ0n) is 36.4. The molecule has 0 bridgehead atoms. The summed E-state index contributed by atoms with van der Waals surface area (Å²) in [6.07, 6.45) is 4.35. The van der Waals surface area contributed by atoms with Crippen molar-refractivity contribution in [3.63, 3.8) is 0 Å². The number of hydrogen-bond donors (Lipinski definition) is 8. The van der Waals surface area contributed by atoms with Crippen LogP contribution in [-0.4, -0.2) is 75.1 Å². The molecule has 16 heteroatoms. The lowest BCUT2D eigenvalue weighted by Gasteiger charge is -2.28. The molecule has 1 unspecified atom stereocenters. The molecule has 0 radical (unpaired) electrons. The number of aryl methyl sites for hydroxylation is 2. The van der Waals surface area contributed by atoms with Crippen molar-refractivity contribution in [2.45, 2.75) is 97.6 Å². The third kappa shape index (κ3) is 16.5. The molecule has 1 aromatic heterocycles. The number of anilines is 2. The number of carboxylic acid groups (broad SMARTS) is 1. The number of amides is 6. The quantitative estimate of drug-likeness (QED) is 0.0375. The average molecular weight is 865 g/mol. The Labute approximate surface area is 368 Å². The Morgan fingerprint density at radius 3 is 2.11 bits per heavy atom. The standard InChI is InChI=1S/C47H60N8O8/c1-5-30(3)42(41(57)25-35(22-32-15-13-29(2)14-16-32)44(59)53-40(45(60)61)26-37-27-49-28-51-37)55-43(58)34(11-8-9-21-50-46(48)62)24-38(56)23-33-17-19-36(20-18-33)52-47(63)54-39-12-7-6-10-31(39)4/h6-7,10,12-20,27-28,30,34-35,40,42H,5,8-9,11,21-26H2,1-4H3,(H,49,51)(H,53,59)(H,55,58)(H,60,61)(H3,48,50,62)(H2,52,54,63)/t30?,34-,35-,40-,42+/m1/s1. The lowest BCUT2D eigenvalue weighted by Crippen LogP contribution is -2.50. The van der Waals surface area contributed by atoms with Gasteiger partial charge in [0.25, 0.3) is 0 Å². The van der Waals surface area contributed by atoms with Crippen molar-refractivity contribution < 1.29 is 38.7 Å². The summed E-state index contributed by atoms with van der Waals surface area (Å²) >= 11 is 0. The highest BCUT2D eigenvalue weighted by atomic mass is 16.4. The van der Waals surface area contributed by atoms with E-state index in [0.717, 1.165) is 16.7 Å². The van der Waals surface area contributed by atoms with Crippen molar-refractivity contribution in [3.05, 3.63) is 113 Å². The third-order valence-electron chi connectivity index (χ3n) is 11.0. The van der Waals surface area contributed by atoms with Crippen LogP contribution in [0.25, 0.3) is 0 Å². The largest absolute Gasteiger partial charge is 0.480 e. The number of ketones is 2. The average Bonchev–Trinajstić information content (AvgIpc) is 3.76. The topological polar surface area (TPSA) is 255 Å². The van der Waals surface area contributed by atoms with Crippen molar-refractivity contribution in [2.75, 3.05) is 17.2 Å². The van der Waals surface area contributed by atoms with E-state index in [4.69, 9.17) is 5.73 Å². The van der Waals surface area contributed by atoms with Crippen LogP contribution in [0.3, 0.4) is 0 Å². The van der Waals surface area contributed by atoms with E-state index in [9.17, 15) is 38.7 Å². The van der Waals surface area contributed by atoms with Gasteiger partial charge in [-0.15, -0.1) is 0 Å². The van der Waals surface area contributed by atoms with E-state index in [1.54, 1.807) is 30.3 Å². The van der Waals surface area contributed by atoms with Crippen LogP contribution in [0, 0.1) is 31.6 Å². The second kappa shape index (κ2) is 24.6. The molecule has 0 aliphatic rings. The summed E-state index contributed by atoms with van der Waals surface area (Å²) in [4.78, 5) is 98.7. The van der Waals surface area contributed by atoms with Crippen LogP contribution in [0.15, 0.2) is 85.3 Å². The van der Waals surface area contributed by atoms with E-state index in [2.05, 4.69) is 36.6 Å². The molecule has 0 saturated carbocycles. The molecule has 16 nitrogen and oxygen atoms in total. The molecule has 63 heavy (non-hydrogen) atoms. The number of nitrogens with two attached hydrogens (primary N) is 1. The van der Waals surface area contributed by atoms with Crippen LogP contribution in [0.2, 0.25) is 0 Å². The predicted octanol–water partition coefficient (Wildman–Crippen LogP) is 5.79. The molecule has 0 aliphatic heterocycles. The number of para-hydroxylation sites is 1. The van der Waals surface area contributed by atoms with Crippen LogP contribution < -0.4 is 32.3 Å². The number of carbonyl (C=O) groups excluding carboxylic acids is 6. The SMILES string of the molecule is CCC(C)[C@H](NC(=O)[C@H](CCCCNC(N)=O)CC(=O)Cc1ccc(NC(=O)Nc2ccccc2C)cc1)C(=O)C[C@@H](Cc1ccc(C)cc1)C(=O)N[C@H](Cc1cnc[nH]1)C(=O)O. The fourth-order valence-corrected chi connectivity index (χ4v) is 7.12. The lowest BCUT2D eigenvalue weighted by molar-refractivity contribution is -0.142. The number of urea groups is 2. The molecule has 6 amide bonds. The summed E-state index contributed by atoms with van der Waals surface area (Å²) in [6, 6.07) is 18.3. The molecular weight excluding hydrogens is 805 g/mol. The number of rotatable bonds is 25. The highest BCUT2D eigenvalue weighted by Gasteiger charge is 2.34. The van der Waals surface area contributed by atoms with Gasteiger partial charge in [0.1, 0.15) is 11.8 Å². The van der Waals surface area contributed by atoms with Gasteiger partial charge in [-0.25, -0.2) is 19.4 Å². The molecule has 4 aromatic rings. The first-order chi connectivity index (χ1) is 30.1. The smallest absolute Gasteiger partial charge is 0.326 e. The number of aliphatic carboxylic acids is 1. The fraction of sp³-hybridized carbons (Fsp3) is 0.404. The Morgan fingerprint density at radius 1 is 0.794 bits per heavy atom. The maximum Gasteiger partial charge on any atom is 0.326 e. The number of benzene rings is 3. The summed E-state index contributed by atoms with van der Waals surface area (Å²) in [6.45, 7) is 7.80. The van der Waals surface area contributed by atoms with Crippen LogP contribution in [0.4, 0.5) is 21.0 Å². The Balaban J connectivity index is 1.47. The van der Waals surface area contributed by atoms with Crippen molar-refractivity contribution in [2.24, 2.45) is 23.5 Å². The van der Waals surface area contributed by atoms with E-state index in [1.807, 2.05) is 70.2 Å². The number of Topliss-reactive ketones (excluding diaryl/α,β-unsaturated/α-hetero) is 2. The minimum atomic E-state index is -1.29. The number of nitrogens with one attached hydrogen (secondary N) is 6. The first-order valence-electron chi connectivity index (χ1n) is 21.3. The molecule has 1 heterocycles. The Kier molecular flexibility index (Phi) is 19.0. The molecule has 9 N–H and O–H groups in total. The van der Waals surface area contributed by atoms with Gasteiger partial charge in [-0.3, -0.25) is 19.2 Å². The Morgan fingerprint density at radius 2 is 1.48 bits per heavy atom. The lowest BCUT2D eigenvalue weighted by atomic mass is 9.86. The van der Waals surface area contributed by atoms with Crippen molar-refractivity contribution in [3.8, 4) is 0 Å². The first-order valence-corrected chi connectivity index (χ1v) is 21.3. The van der Waals surface area contributed by atoms with Crippen LogP contribution in [0.1, 0.15) is 80.3 Å². The number of carbonyl (C=O) groups is 7. The van der Waals surface area contributed by atoms with Crippen molar-refractivity contribution >= 4 is 52.8 Å². The van der Waals surface area contributed by atoms with Gasteiger partial charge in [-0.05, 0) is 73.9 Å². The number of nitrogens with zero attached hydrogens (tertiary/aromatic N) is 1. The Bertz CT molecular complexity index is 2160. The van der Waals surface area contributed by atoms with Crippen LogP contribution >= 0.6 is 0 Å². The molecular formula is C47H60N8O8. The van der Waals surface area contributed by atoms with Gasteiger partial charge in [0.15, 0.2) is 5.78 Å². The molecule has 4 rings (SSSR count). The van der Waals surface area contributed by atoms with E-state index >= 15 is 0 Å². The first kappa shape index (κ1) is 48.8. The number of aromatic amines is 1. The molecule has 5 atom stereocenters. The maximum atomic E-state index is 14.3. The second-order valence-electron chi connectivity index (χ2n) is 16.1. The molecule has 0 aliphatic carbocycles. The molecule has 336 valence electrons. The van der Waals surface area contributed by atoms with E-state index in [-0.39, 0.29) is 56.8 Å². The van der Waals surface area contributed by atoms with E-state index < -0.39 is 59.5 Å². The van der Waals surface area contributed by atoms with Gasteiger partial charge in [0.05, 0.1) is 12.4 Å². The number of unbranched alkanes of at least 4 members (excludes halogenated alkanes) is 1. The zero-order valence-corrected chi connectivity index (χ0v) is 36.4. The third-order valence-corrected chi connectivity index (χ3v) is 11.0. The van der Waals surface area contributed by atoms with Gasteiger partial charge >= 0.3 is 18.0 Å². The van der Waals surface area contributed by atoms with Gasteiger partial charge < -0.3 is 42.4 Å². The number of carboxylic acids is 1. The van der Waals surface area contributed by atoms with E-state index in [0.29, 0.717) is 41.9 Å². The number of hydrogen-bond acceptors (Lipinski definition) is 8. The van der Waals surface area contributed by atoms with Gasteiger partial charge in [-0.1, -0.05) is 86.8 Å². The van der Waals surface area contributed by atoms with Crippen molar-refractivity contribution in [1.29, 1.82) is 0 Å². The monoisotopic (exact) mass is 864 g/mol. The number of primary amides is 1. The highest BCUT2D eigenvalue weighted by molar-refractivity contribution is 6.00.